The van der Waals surface area contributed by atoms with E-state index >= 15 is 0 Å². The van der Waals surface area contributed by atoms with Crippen molar-refractivity contribution in [1.82, 2.24) is 5.48 Å². The summed E-state index contributed by atoms with van der Waals surface area (Å²) < 4.78 is 23.2. The molecule has 27 heavy (non-hydrogen) atoms. The molecule has 0 radical (unpaired) electrons. The number of hydrogen-bond acceptors (Lipinski definition) is 4. The summed E-state index contributed by atoms with van der Waals surface area (Å²) in [5.74, 6) is 5.36. The summed E-state index contributed by atoms with van der Waals surface area (Å²) in [6, 6.07) is 17.7. The predicted octanol–water partition coefficient (Wildman–Crippen LogP) is 2.72. The number of hydrogen-bond donors (Lipinski definition) is 2. The number of aryl methyl sites for hydroxylation is 1. The molecule has 1 amide bonds. The van der Waals surface area contributed by atoms with E-state index in [1.165, 1.54) is 5.48 Å². The molecule has 0 aliphatic carbocycles. The van der Waals surface area contributed by atoms with E-state index in [9.17, 15) is 13.2 Å². The highest BCUT2D eigenvalue weighted by Crippen LogP contribution is 2.13. The first-order valence-electron chi connectivity index (χ1n) is 8.69. The fourth-order valence-corrected chi connectivity index (χ4v) is 3.73. The first kappa shape index (κ1) is 20.7. The highest BCUT2D eigenvalue weighted by atomic mass is 32.2. The van der Waals surface area contributed by atoms with Crippen molar-refractivity contribution in [3.8, 4) is 11.8 Å². The molecule has 1 atom stereocenters. The number of sulfone groups is 1. The van der Waals surface area contributed by atoms with Crippen LogP contribution < -0.4 is 5.48 Å². The quantitative estimate of drug-likeness (QED) is 0.332. The number of amides is 1. The average molecular weight is 385 g/mol. The van der Waals surface area contributed by atoms with Gasteiger partial charge in [0.25, 0.3) is 5.91 Å². The molecular formula is C21H23NO4S. The van der Waals surface area contributed by atoms with E-state index in [-0.39, 0.29) is 6.42 Å². The summed E-state index contributed by atoms with van der Waals surface area (Å²) in [5, 5.41) is 7.46. The average Bonchev–Trinajstić information content (AvgIpc) is 2.66. The van der Waals surface area contributed by atoms with Crippen molar-refractivity contribution in [1.29, 1.82) is 0 Å². The highest BCUT2D eigenvalue weighted by Gasteiger charge is 2.27. The summed E-state index contributed by atoms with van der Waals surface area (Å²) in [7, 11) is -3.54. The number of carbonyl (C=O) groups is 1. The molecule has 0 spiro atoms. The van der Waals surface area contributed by atoms with Crippen molar-refractivity contribution in [2.45, 2.75) is 30.9 Å². The Hall–Kier alpha value is -2.62. The molecule has 0 saturated heterocycles. The van der Waals surface area contributed by atoms with Crippen LogP contribution in [0.1, 0.15) is 36.0 Å². The molecule has 2 N–H and O–H groups in total. The highest BCUT2D eigenvalue weighted by molar-refractivity contribution is 7.92. The number of nitrogens with one attached hydrogen (secondary N) is 1. The van der Waals surface area contributed by atoms with Crippen molar-refractivity contribution < 1.29 is 18.4 Å². The van der Waals surface area contributed by atoms with E-state index < -0.39 is 21.0 Å². The fourth-order valence-electron chi connectivity index (χ4n) is 2.69. The number of carbonyl (C=O) groups excluding carboxylic acids is 1. The molecule has 6 heteroatoms. The summed E-state index contributed by atoms with van der Waals surface area (Å²) >= 11 is 0. The van der Waals surface area contributed by atoms with Crippen LogP contribution in [0, 0.1) is 11.8 Å². The lowest BCUT2D eigenvalue weighted by Crippen LogP contribution is -2.37. The predicted molar refractivity (Wildman–Crippen MR) is 105 cm³/mol. The maximum Gasteiger partial charge on any atom is 0.261 e. The molecular weight excluding hydrogens is 362 g/mol. The molecule has 0 fully saturated rings. The van der Waals surface area contributed by atoms with Crippen LogP contribution in [0.2, 0.25) is 0 Å². The second kappa shape index (κ2) is 9.91. The Labute approximate surface area is 160 Å². The Morgan fingerprint density at radius 3 is 2.15 bits per heavy atom. The number of hydroxylamine groups is 1. The van der Waals surface area contributed by atoms with Crippen LogP contribution in [0.15, 0.2) is 54.6 Å². The van der Waals surface area contributed by atoms with Crippen LogP contribution in [-0.2, 0) is 21.1 Å². The molecule has 0 bridgehead atoms. The lowest BCUT2D eigenvalue weighted by Gasteiger charge is -2.12. The van der Waals surface area contributed by atoms with Crippen LogP contribution in [0.4, 0.5) is 0 Å². The van der Waals surface area contributed by atoms with Gasteiger partial charge in [0.15, 0.2) is 9.84 Å². The lowest BCUT2D eigenvalue weighted by molar-refractivity contribution is -0.128. The third-order valence-corrected chi connectivity index (χ3v) is 5.66. The van der Waals surface area contributed by atoms with Crippen molar-refractivity contribution in [2.75, 3.05) is 6.26 Å². The molecule has 142 valence electrons. The van der Waals surface area contributed by atoms with E-state index in [1.54, 1.807) is 0 Å². The molecule has 5 nitrogen and oxygen atoms in total. The van der Waals surface area contributed by atoms with E-state index in [0.717, 1.165) is 35.8 Å². The smallest absolute Gasteiger partial charge is 0.261 e. The second-order valence-corrected chi connectivity index (χ2v) is 8.58. The third kappa shape index (κ3) is 6.89. The molecule has 2 aromatic rings. The van der Waals surface area contributed by atoms with E-state index in [1.807, 2.05) is 54.6 Å². The van der Waals surface area contributed by atoms with Crippen LogP contribution in [-0.4, -0.2) is 31.0 Å². The number of rotatable bonds is 7. The van der Waals surface area contributed by atoms with Gasteiger partial charge >= 0.3 is 0 Å². The first-order chi connectivity index (χ1) is 12.9. The van der Waals surface area contributed by atoms with Gasteiger partial charge in [0.05, 0.1) is 0 Å². The molecule has 0 aliphatic rings. The molecule has 2 aromatic carbocycles. The zero-order valence-electron chi connectivity index (χ0n) is 15.2. The van der Waals surface area contributed by atoms with Crippen molar-refractivity contribution in [3.63, 3.8) is 0 Å². The van der Waals surface area contributed by atoms with Gasteiger partial charge in [-0.15, -0.1) is 0 Å². The molecule has 1 unspecified atom stereocenters. The zero-order chi connectivity index (χ0) is 19.7. The van der Waals surface area contributed by atoms with Gasteiger partial charge in [-0.3, -0.25) is 10.0 Å². The monoisotopic (exact) mass is 385 g/mol. The normalized spacial score (nSPS) is 11.9. The van der Waals surface area contributed by atoms with Crippen molar-refractivity contribution in [3.05, 3.63) is 71.3 Å². The van der Waals surface area contributed by atoms with E-state index in [0.29, 0.717) is 6.42 Å². The number of unbranched alkanes of at least 4 members (excludes halogenated alkanes) is 1. The van der Waals surface area contributed by atoms with Gasteiger partial charge in [-0.1, -0.05) is 48.6 Å². The minimum atomic E-state index is -3.54. The Bertz CT molecular complexity index is 910. The largest absolute Gasteiger partial charge is 0.289 e. The maximum absolute atomic E-state index is 11.6. The Balaban J connectivity index is 1.85. The summed E-state index contributed by atoms with van der Waals surface area (Å²) in [4.78, 5) is 11.5. The summed E-state index contributed by atoms with van der Waals surface area (Å²) in [6.07, 6.45) is 3.29. The lowest BCUT2D eigenvalue weighted by atomic mass is 10.0. The SMILES string of the molecule is CS(=O)(=O)C(CCCCc1ccc(C#Cc2ccccc2)cc1)C(=O)NO. The molecule has 0 aliphatic heterocycles. The maximum atomic E-state index is 11.6. The van der Waals surface area contributed by atoms with Gasteiger partial charge in [0.1, 0.15) is 5.25 Å². The molecule has 2 rings (SSSR count). The van der Waals surface area contributed by atoms with Crippen LogP contribution in [0.25, 0.3) is 0 Å². The first-order valence-corrected chi connectivity index (χ1v) is 10.6. The second-order valence-electron chi connectivity index (χ2n) is 6.35. The van der Waals surface area contributed by atoms with Gasteiger partial charge < -0.3 is 0 Å². The van der Waals surface area contributed by atoms with Gasteiger partial charge in [0.2, 0.25) is 0 Å². The van der Waals surface area contributed by atoms with Gasteiger partial charge in [-0.05, 0) is 49.1 Å². The van der Waals surface area contributed by atoms with Crippen LogP contribution in [0.3, 0.4) is 0 Å². The van der Waals surface area contributed by atoms with Crippen LogP contribution in [0.5, 0.6) is 0 Å². The van der Waals surface area contributed by atoms with Crippen molar-refractivity contribution in [2.24, 2.45) is 0 Å². The van der Waals surface area contributed by atoms with Gasteiger partial charge in [0, 0.05) is 17.4 Å². The van der Waals surface area contributed by atoms with E-state index in [2.05, 4.69) is 11.8 Å². The standard InChI is InChI=1S/C21H23NO4S/c1-27(25,26)20(21(23)22-24)10-6-5-9-18-12-15-19(16-13-18)14-11-17-7-3-2-4-8-17/h2-4,7-8,12-13,15-16,20,24H,5-6,9-10H2,1H3,(H,22,23). The molecule has 0 heterocycles. The Morgan fingerprint density at radius 1 is 1.00 bits per heavy atom. The van der Waals surface area contributed by atoms with Crippen LogP contribution >= 0.6 is 0 Å². The topological polar surface area (TPSA) is 83.5 Å². The number of benzene rings is 2. The van der Waals surface area contributed by atoms with Gasteiger partial charge in [-0.2, -0.15) is 0 Å². The zero-order valence-corrected chi connectivity index (χ0v) is 16.0. The van der Waals surface area contributed by atoms with Crippen molar-refractivity contribution >= 4 is 15.7 Å². The minimum absolute atomic E-state index is 0.186. The van der Waals surface area contributed by atoms with Gasteiger partial charge in [-0.25, -0.2) is 13.9 Å². The molecule has 0 saturated carbocycles. The minimum Gasteiger partial charge on any atom is -0.289 e. The Morgan fingerprint density at radius 2 is 1.59 bits per heavy atom. The van der Waals surface area contributed by atoms with E-state index in [4.69, 9.17) is 5.21 Å². The Kier molecular flexibility index (Phi) is 7.59. The fraction of sp³-hybridized carbons (Fsp3) is 0.286. The summed E-state index contributed by atoms with van der Waals surface area (Å²) in [6.45, 7) is 0. The third-order valence-electron chi connectivity index (χ3n) is 4.18. The molecule has 0 aromatic heterocycles. The summed E-state index contributed by atoms with van der Waals surface area (Å²) in [5.41, 5.74) is 4.45.